The largest absolute Gasteiger partial charge is 0.450 e. The fourth-order valence-electron chi connectivity index (χ4n) is 3.67. The third-order valence-electron chi connectivity index (χ3n) is 5.68. The second kappa shape index (κ2) is 14.6. The van der Waals surface area contributed by atoms with Crippen LogP contribution < -0.4 is 11.1 Å². The Kier molecular flexibility index (Phi) is 11.3. The maximum absolute atomic E-state index is 13.3. The number of nitrogens with zero attached hydrogens (tertiary/aromatic N) is 2. The van der Waals surface area contributed by atoms with Gasteiger partial charge in [0.2, 0.25) is 17.6 Å². The van der Waals surface area contributed by atoms with Gasteiger partial charge in [-0.3, -0.25) is 19.2 Å². The number of rotatable bonds is 14. The lowest BCUT2D eigenvalue weighted by Crippen LogP contribution is -2.50. The summed E-state index contributed by atoms with van der Waals surface area (Å²) in [5.74, 6) is -4.30. The summed E-state index contributed by atoms with van der Waals surface area (Å²) in [6, 6.07) is 16.6. The van der Waals surface area contributed by atoms with Gasteiger partial charge in [-0.2, -0.15) is 24.9 Å². The van der Waals surface area contributed by atoms with Gasteiger partial charge in [-0.1, -0.05) is 48.5 Å². The number of Topliss-reactive ketones (excluding diaryl/α,β-unsaturated/α-hetero) is 1. The van der Waals surface area contributed by atoms with Gasteiger partial charge >= 0.3 is 6.18 Å². The normalized spacial score (nSPS) is 12.0. The molecule has 1 aromatic heterocycles. The van der Waals surface area contributed by atoms with Crippen LogP contribution in [-0.2, 0) is 20.9 Å². The molecule has 3 aromatic rings. The molecule has 0 aliphatic rings. The van der Waals surface area contributed by atoms with Crippen molar-refractivity contribution in [2.45, 2.75) is 31.6 Å². The highest BCUT2D eigenvalue weighted by molar-refractivity contribution is 7.99. The number of halogens is 3. The summed E-state index contributed by atoms with van der Waals surface area (Å²) in [5, 5.41) is 5.01. The average molecular weight is 593 g/mol. The van der Waals surface area contributed by atoms with Crippen molar-refractivity contribution >= 4 is 46.6 Å². The smallest absolute Gasteiger partial charge is 0.368 e. The molecule has 0 aliphatic carbocycles. The van der Waals surface area contributed by atoms with Crippen LogP contribution in [0.1, 0.15) is 28.9 Å². The first-order valence-corrected chi connectivity index (χ1v) is 14.2. The lowest BCUT2D eigenvalue weighted by Gasteiger charge is -2.29. The van der Waals surface area contributed by atoms with Gasteiger partial charge in [0.05, 0.1) is 24.5 Å². The fraction of sp³-hybridized carbons (Fsp3) is 0.296. The topological polar surface area (TPSA) is 122 Å². The maximum atomic E-state index is 13.3. The molecule has 0 aliphatic heterocycles. The van der Waals surface area contributed by atoms with Crippen LogP contribution >= 0.6 is 23.1 Å². The molecule has 0 unspecified atom stereocenters. The van der Waals surface area contributed by atoms with Crippen LogP contribution in [0.25, 0.3) is 10.6 Å². The number of alkyl halides is 3. The standard InChI is InChI=1S/C27H27F3N4O4S2/c28-27(29,30)22(35)17-39-13-7-12-21(24(31)37)34(23(36)14-32-25(38)18-8-3-1-4-9-18)15-20-16-40-26(33-20)19-10-5-2-6-11-19/h1-6,8-11,16,21H,7,12-15,17H2,(H2,31,37)(H,32,38)/t21-/m0/s1. The first-order chi connectivity index (χ1) is 19.1. The monoisotopic (exact) mass is 592 g/mol. The summed E-state index contributed by atoms with van der Waals surface area (Å²) in [6.45, 7) is -0.487. The molecule has 1 atom stereocenters. The van der Waals surface area contributed by atoms with Crippen LogP contribution in [0.4, 0.5) is 13.2 Å². The van der Waals surface area contributed by atoms with E-state index in [9.17, 15) is 32.3 Å². The summed E-state index contributed by atoms with van der Waals surface area (Å²) in [6.07, 6.45) is -4.63. The Hall–Kier alpha value is -3.71. The predicted octanol–water partition coefficient (Wildman–Crippen LogP) is 4.07. The number of amides is 3. The number of nitrogens with one attached hydrogen (secondary N) is 1. The molecule has 0 bridgehead atoms. The summed E-state index contributed by atoms with van der Waals surface area (Å²) < 4.78 is 37.3. The molecule has 2 aromatic carbocycles. The molecule has 0 radical (unpaired) electrons. The number of nitrogens with two attached hydrogens (primary N) is 1. The highest BCUT2D eigenvalue weighted by atomic mass is 32.2. The Balaban J connectivity index is 1.71. The zero-order valence-electron chi connectivity index (χ0n) is 21.2. The van der Waals surface area contributed by atoms with Crippen LogP contribution in [0, 0.1) is 0 Å². The van der Waals surface area contributed by atoms with E-state index in [2.05, 4.69) is 10.3 Å². The van der Waals surface area contributed by atoms with Crippen molar-refractivity contribution < 1.29 is 32.3 Å². The van der Waals surface area contributed by atoms with E-state index in [4.69, 9.17) is 5.73 Å². The molecular formula is C27H27F3N4O4S2. The number of hydrogen-bond donors (Lipinski definition) is 2. The molecule has 3 rings (SSSR count). The Morgan fingerprint density at radius 1 is 1.02 bits per heavy atom. The fourth-order valence-corrected chi connectivity index (χ4v) is 5.35. The van der Waals surface area contributed by atoms with E-state index in [1.807, 2.05) is 30.3 Å². The van der Waals surface area contributed by atoms with E-state index in [1.54, 1.807) is 35.7 Å². The average Bonchev–Trinajstić information content (AvgIpc) is 3.41. The summed E-state index contributed by atoms with van der Waals surface area (Å²) in [4.78, 5) is 55.1. The van der Waals surface area contributed by atoms with Crippen LogP contribution in [-0.4, -0.2) is 63.7 Å². The number of hydrogen-bond acceptors (Lipinski definition) is 7. The Morgan fingerprint density at radius 2 is 1.68 bits per heavy atom. The second-order valence-corrected chi connectivity index (χ2v) is 10.6. The second-order valence-electron chi connectivity index (χ2n) is 8.61. The van der Waals surface area contributed by atoms with Gasteiger partial charge in [0.25, 0.3) is 5.91 Å². The van der Waals surface area contributed by atoms with Gasteiger partial charge in [0.1, 0.15) is 11.0 Å². The van der Waals surface area contributed by atoms with E-state index in [0.717, 1.165) is 17.3 Å². The molecule has 3 amide bonds. The van der Waals surface area contributed by atoms with Crippen molar-refractivity contribution in [3.8, 4) is 10.6 Å². The minimum absolute atomic E-state index is 0.0522. The molecule has 0 spiro atoms. The lowest BCUT2D eigenvalue weighted by molar-refractivity contribution is -0.167. The van der Waals surface area contributed by atoms with E-state index < -0.39 is 48.0 Å². The molecule has 1 heterocycles. The Bertz CT molecular complexity index is 1300. The molecule has 3 N–H and O–H groups in total. The van der Waals surface area contributed by atoms with Gasteiger partial charge < -0.3 is 16.0 Å². The first kappa shape index (κ1) is 30.8. The highest BCUT2D eigenvalue weighted by Crippen LogP contribution is 2.25. The summed E-state index contributed by atoms with van der Waals surface area (Å²) in [5.41, 5.74) is 7.38. The minimum Gasteiger partial charge on any atom is -0.368 e. The quantitative estimate of drug-likeness (QED) is 0.272. The lowest BCUT2D eigenvalue weighted by atomic mass is 10.1. The Morgan fingerprint density at radius 3 is 2.30 bits per heavy atom. The number of benzene rings is 2. The Labute approximate surface area is 237 Å². The van der Waals surface area contributed by atoms with Crippen molar-refractivity contribution in [3.05, 3.63) is 77.3 Å². The minimum atomic E-state index is -4.90. The number of thiazole rings is 1. The van der Waals surface area contributed by atoms with E-state index in [-0.39, 0.29) is 25.1 Å². The number of ketones is 1. The van der Waals surface area contributed by atoms with Gasteiger partial charge in [-0.05, 0) is 30.7 Å². The molecular weight excluding hydrogens is 565 g/mol. The number of primary amides is 1. The SMILES string of the molecule is NC(=O)[C@H](CCCSCC(=O)C(F)(F)F)N(Cc1csc(-c2ccccc2)n1)C(=O)CNC(=O)c1ccccc1. The number of carbonyl (C=O) groups excluding carboxylic acids is 4. The van der Waals surface area contributed by atoms with Gasteiger partial charge in [0.15, 0.2) is 0 Å². The van der Waals surface area contributed by atoms with Crippen molar-refractivity contribution in [2.75, 3.05) is 18.1 Å². The highest BCUT2D eigenvalue weighted by Gasteiger charge is 2.37. The number of carbonyl (C=O) groups is 4. The molecule has 0 saturated heterocycles. The van der Waals surface area contributed by atoms with Gasteiger partial charge in [-0.25, -0.2) is 4.98 Å². The summed E-state index contributed by atoms with van der Waals surface area (Å²) in [7, 11) is 0. The van der Waals surface area contributed by atoms with Gasteiger partial charge in [0, 0.05) is 16.5 Å². The van der Waals surface area contributed by atoms with E-state index >= 15 is 0 Å². The number of thioether (sulfide) groups is 1. The van der Waals surface area contributed by atoms with Crippen molar-refractivity contribution in [1.82, 2.24) is 15.2 Å². The molecule has 0 saturated carbocycles. The molecule has 13 heteroatoms. The van der Waals surface area contributed by atoms with E-state index in [1.165, 1.54) is 16.2 Å². The van der Waals surface area contributed by atoms with Crippen molar-refractivity contribution in [3.63, 3.8) is 0 Å². The zero-order valence-corrected chi connectivity index (χ0v) is 22.9. The molecule has 212 valence electrons. The first-order valence-electron chi connectivity index (χ1n) is 12.2. The van der Waals surface area contributed by atoms with Crippen molar-refractivity contribution in [2.24, 2.45) is 5.73 Å². The van der Waals surface area contributed by atoms with Crippen LogP contribution in [0.5, 0.6) is 0 Å². The molecule has 8 nitrogen and oxygen atoms in total. The third kappa shape index (κ3) is 9.19. The van der Waals surface area contributed by atoms with Crippen LogP contribution in [0.15, 0.2) is 66.0 Å². The summed E-state index contributed by atoms with van der Waals surface area (Å²) >= 11 is 2.14. The third-order valence-corrected chi connectivity index (χ3v) is 7.67. The number of aromatic nitrogens is 1. The van der Waals surface area contributed by atoms with Crippen molar-refractivity contribution in [1.29, 1.82) is 0 Å². The predicted molar refractivity (Wildman–Crippen MR) is 147 cm³/mol. The van der Waals surface area contributed by atoms with Gasteiger partial charge in [-0.15, -0.1) is 11.3 Å². The van der Waals surface area contributed by atoms with Crippen LogP contribution in [0.3, 0.4) is 0 Å². The zero-order chi connectivity index (χ0) is 29.1. The van der Waals surface area contributed by atoms with Crippen LogP contribution in [0.2, 0.25) is 0 Å². The maximum Gasteiger partial charge on any atom is 0.450 e. The molecule has 0 fully saturated rings. The van der Waals surface area contributed by atoms with E-state index in [0.29, 0.717) is 16.3 Å². The molecule has 40 heavy (non-hydrogen) atoms.